The van der Waals surface area contributed by atoms with E-state index in [-0.39, 0.29) is 5.91 Å². The van der Waals surface area contributed by atoms with Gasteiger partial charge in [0.25, 0.3) is 5.91 Å². The monoisotopic (exact) mass is 372 g/mol. The molecular formula is C24H24N2O2. The van der Waals surface area contributed by atoms with Gasteiger partial charge in [-0.25, -0.2) is 4.68 Å². The lowest BCUT2D eigenvalue weighted by Gasteiger charge is -2.14. The van der Waals surface area contributed by atoms with Crippen LogP contribution in [0.2, 0.25) is 0 Å². The summed E-state index contributed by atoms with van der Waals surface area (Å²) in [5.41, 5.74) is 3.79. The summed E-state index contributed by atoms with van der Waals surface area (Å²) in [6.45, 7) is 1.67. The lowest BCUT2D eigenvalue weighted by Crippen LogP contribution is -2.13. The molecule has 0 spiro atoms. The lowest BCUT2D eigenvalue weighted by atomic mass is 9.91. The van der Waals surface area contributed by atoms with Gasteiger partial charge in [-0.1, -0.05) is 48.5 Å². The first-order chi connectivity index (χ1) is 13.8. The Morgan fingerprint density at radius 1 is 0.964 bits per heavy atom. The normalized spacial score (nSPS) is 17.5. The first kappa shape index (κ1) is 18.4. The number of hydrogen-bond donors (Lipinski definition) is 0. The minimum Gasteiger partial charge on any atom is -0.381 e. The fourth-order valence-corrected chi connectivity index (χ4v) is 3.55. The van der Waals surface area contributed by atoms with Crippen LogP contribution in [0.5, 0.6) is 0 Å². The van der Waals surface area contributed by atoms with E-state index in [1.807, 2.05) is 60.7 Å². The molecule has 2 aromatic carbocycles. The van der Waals surface area contributed by atoms with Gasteiger partial charge >= 0.3 is 0 Å². The predicted molar refractivity (Wildman–Crippen MR) is 111 cm³/mol. The Kier molecular flexibility index (Phi) is 5.78. The van der Waals surface area contributed by atoms with Crippen molar-refractivity contribution in [1.29, 1.82) is 0 Å². The van der Waals surface area contributed by atoms with Crippen LogP contribution < -0.4 is 0 Å². The van der Waals surface area contributed by atoms with Gasteiger partial charge in [0.15, 0.2) is 0 Å². The molecule has 0 saturated carbocycles. The van der Waals surface area contributed by atoms with Gasteiger partial charge in [-0.05, 0) is 60.6 Å². The molecule has 4 heteroatoms. The van der Waals surface area contributed by atoms with Crippen LogP contribution in [-0.2, 0) is 4.74 Å². The molecule has 0 amide bonds. The molecule has 0 N–H and O–H groups in total. The minimum absolute atomic E-state index is 0.116. The summed E-state index contributed by atoms with van der Waals surface area (Å²) >= 11 is 0. The van der Waals surface area contributed by atoms with Gasteiger partial charge in [0.1, 0.15) is 0 Å². The van der Waals surface area contributed by atoms with E-state index in [2.05, 4.69) is 17.2 Å². The molecule has 1 aromatic heterocycles. The molecule has 1 fully saturated rings. The fourth-order valence-electron chi connectivity index (χ4n) is 3.55. The van der Waals surface area contributed by atoms with E-state index in [4.69, 9.17) is 4.74 Å². The highest BCUT2D eigenvalue weighted by Crippen LogP contribution is 2.27. The molecule has 1 aliphatic rings. The fraction of sp³-hybridized carbons (Fsp3) is 0.250. The number of carbonyl (C=O) groups excluding carboxylic acids is 1. The van der Waals surface area contributed by atoms with E-state index in [1.54, 1.807) is 6.20 Å². The summed E-state index contributed by atoms with van der Waals surface area (Å²) < 4.78 is 6.95. The summed E-state index contributed by atoms with van der Waals surface area (Å²) in [6.07, 6.45) is 8.90. The van der Waals surface area contributed by atoms with Crippen molar-refractivity contribution in [2.24, 2.45) is 0 Å². The molecule has 0 aliphatic carbocycles. The SMILES string of the molecule is O=C(c1ccc(C2CCCOCC2)cc1)n1ccc(/C=C/c2ccccc2)n1. The van der Waals surface area contributed by atoms with Crippen molar-refractivity contribution >= 4 is 18.1 Å². The van der Waals surface area contributed by atoms with E-state index in [9.17, 15) is 4.79 Å². The standard InChI is InChI=1S/C24H24N2O2/c27-24(22-11-9-21(10-12-22)20-7-4-17-28-18-15-20)26-16-14-23(25-26)13-8-19-5-2-1-3-6-19/h1-3,5-6,8-14,16,20H,4,7,15,17-18H2/b13-8+. The second kappa shape index (κ2) is 8.81. The van der Waals surface area contributed by atoms with Crippen LogP contribution in [0.4, 0.5) is 0 Å². The topological polar surface area (TPSA) is 44.1 Å². The Morgan fingerprint density at radius 2 is 1.79 bits per heavy atom. The summed E-state index contributed by atoms with van der Waals surface area (Å²) in [6, 6.07) is 19.8. The van der Waals surface area contributed by atoms with Crippen molar-refractivity contribution in [2.75, 3.05) is 13.2 Å². The molecule has 3 aromatic rings. The number of nitrogens with zero attached hydrogens (tertiary/aromatic N) is 2. The second-order valence-electron chi connectivity index (χ2n) is 7.10. The molecule has 4 nitrogen and oxygen atoms in total. The number of benzene rings is 2. The Morgan fingerprint density at radius 3 is 2.61 bits per heavy atom. The molecule has 2 heterocycles. The third-order valence-electron chi connectivity index (χ3n) is 5.14. The maximum absolute atomic E-state index is 12.7. The van der Waals surface area contributed by atoms with Crippen molar-refractivity contribution < 1.29 is 9.53 Å². The van der Waals surface area contributed by atoms with Gasteiger partial charge in [-0.2, -0.15) is 5.10 Å². The van der Waals surface area contributed by atoms with Crippen LogP contribution in [-0.4, -0.2) is 28.9 Å². The van der Waals surface area contributed by atoms with Crippen molar-refractivity contribution in [2.45, 2.75) is 25.2 Å². The third-order valence-corrected chi connectivity index (χ3v) is 5.14. The van der Waals surface area contributed by atoms with Crippen LogP contribution >= 0.6 is 0 Å². The molecule has 1 atom stereocenters. The van der Waals surface area contributed by atoms with E-state index in [0.717, 1.165) is 43.7 Å². The molecule has 28 heavy (non-hydrogen) atoms. The highest BCUT2D eigenvalue weighted by Gasteiger charge is 2.16. The summed E-state index contributed by atoms with van der Waals surface area (Å²) in [5, 5.41) is 4.39. The third kappa shape index (κ3) is 4.46. The lowest BCUT2D eigenvalue weighted by molar-refractivity contribution is 0.0945. The highest BCUT2D eigenvalue weighted by molar-refractivity contribution is 5.95. The average Bonchev–Trinajstić information content (AvgIpc) is 3.06. The van der Waals surface area contributed by atoms with Crippen molar-refractivity contribution in [1.82, 2.24) is 9.78 Å². The molecule has 1 saturated heterocycles. The first-order valence-corrected chi connectivity index (χ1v) is 9.81. The second-order valence-corrected chi connectivity index (χ2v) is 7.10. The average molecular weight is 372 g/mol. The Bertz CT molecular complexity index is 934. The minimum atomic E-state index is -0.116. The molecule has 1 aliphatic heterocycles. The van der Waals surface area contributed by atoms with Gasteiger partial charge in [0.2, 0.25) is 0 Å². The van der Waals surface area contributed by atoms with E-state index < -0.39 is 0 Å². The molecule has 4 rings (SSSR count). The Balaban J connectivity index is 1.44. The van der Waals surface area contributed by atoms with Crippen LogP contribution in [0, 0.1) is 0 Å². The van der Waals surface area contributed by atoms with Gasteiger partial charge in [0.05, 0.1) is 5.69 Å². The zero-order valence-corrected chi connectivity index (χ0v) is 15.8. The largest absolute Gasteiger partial charge is 0.381 e. The predicted octanol–water partition coefficient (Wildman–Crippen LogP) is 5.03. The number of aromatic nitrogens is 2. The van der Waals surface area contributed by atoms with Crippen LogP contribution in [0.3, 0.4) is 0 Å². The maximum Gasteiger partial charge on any atom is 0.278 e. The van der Waals surface area contributed by atoms with E-state index >= 15 is 0 Å². The zero-order chi connectivity index (χ0) is 19.2. The molecule has 142 valence electrons. The summed E-state index contributed by atoms with van der Waals surface area (Å²) in [7, 11) is 0. The Hall–Kier alpha value is -2.98. The number of carbonyl (C=O) groups is 1. The zero-order valence-electron chi connectivity index (χ0n) is 15.8. The van der Waals surface area contributed by atoms with E-state index in [1.165, 1.54) is 10.2 Å². The van der Waals surface area contributed by atoms with Crippen LogP contribution in [0.1, 0.15) is 52.4 Å². The van der Waals surface area contributed by atoms with Gasteiger partial charge in [-0.3, -0.25) is 4.79 Å². The molecular weight excluding hydrogens is 348 g/mol. The first-order valence-electron chi connectivity index (χ1n) is 9.81. The number of hydrogen-bond acceptors (Lipinski definition) is 3. The molecule has 0 radical (unpaired) electrons. The van der Waals surface area contributed by atoms with Gasteiger partial charge in [-0.15, -0.1) is 0 Å². The smallest absolute Gasteiger partial charge is 0.278 e. The number of ether oxygens (including phenoxy) is 1. The van der Waals surface area contributed by atoms with Gasteiger partial charge in [0, 0.05) is 25.0 Å². The number of rotatable bonds is 4. The molecule has 0 bridgehead atoms. The molecule has 1 unspecified atom stereocenters. The van der Waals surface area contributed by atoms with Crippen LogP contribution in [0.15, 0.2) is 66.9 Å². The summed E-state index contributed by atoms with van der Waals surface area (Å²) in [4.78, 5) is 12.7. The van der Waals surface area contributed by atoms with E-state index in [0.29, 0.717) is 11.5 Å². The van der Waals surface area contributed by atoms with Crippen molar-refractivity contribution in [3.63, 3.8) is 0 Å². The van der Waals surface area contributed by atoms with Crippen molar-refractivity contribution in [3.8, 4) is 0 Å². The van der Waals surface area contributed by atoms with Gasteiger partial charge < -0.3 is 4.74 Å². The quantitative estimate of drug-likeness (QED) is 0.645. The summed E-state index contributed by atoms with van der Waals surface area (Å²) in [5.74, 6) is 0.404. The van der Waals surface area contributed by atoms with Crippen LogP contribution in [0.25, 0.3) is 12.2 Å². The highest BCUT2D eigenvalue weighted by atomic mass is 16.5. The van der Waals surface area contributed by atoms with Crippen molar-refractivity contribution in [3.05, 3.63) is 89.2 Å². The maximum atomic E-state index is 12.7. The Labute approximate surface area is 165 Å².